The second-order valence-corrected chi connectivity index (χ2v) is 6.28. The van der Waals surface area contributed by atoms with Gasteiger partial charge in [-0.15, -0.1) is 11.3 Å². The molecule has 0 unspecified atom stereocenters. The van der Waals surface area contributed by atoms with Crippen LogP contribution in [0.3, 0.4) is 0 Å². The summed E-state index contributed by atoms with van der Waals surface area (Å²) in [7, 11) is 1.29. The van der Waals surface area contributed by atoms with Crippen molar-refractivity contribution < 1.29 is 19.1 Å². The molecule has 0 saturated carbocycles. The highest BCUT2D eigenvalue weighted by Gasteiger charge is 2.09. The van der Waals surface area contributed by atoms with Crippen LogP contribution in [0.4, 0.5) is 5.69 Å². The maximum absolute atomic E-state index is 12.0. The Kier molecular flexibility index (Phi) is 5.35. The lowest BCUT2D eigenvalue weighted by atomic mass is 10.2. The number of methoxy groups -OCH3 is 1. The summed E-state index contributed by atoms with van der Waals surface area (Å²) in [6, 6.07) is 8.55. The molecule has 1 amide bonds. The minimum absolute atomic E-state index is 0.175. The molecule has 21 heavy (non-hydrogen) atoms. The van der Waals surface area contributed by atoms with Crippen LogP contribution in [-0.2, 0) is 9.53 Å². The molecule has 1 N–H and O–H groups in total. The molecule has 1 aromatic carbocycles. The quantitative estimate of drug-likeness (QED) is 0.821. The lowest BCUT2D eigenvalue weighted by Gasteiger charge is -2.08. The van der Waals surface area contributed by atoms with Crippen molar-refractivity contribution in [2.75, 3.05) is 19.0 Å². The number of thiophene rings is 1. The topological polar surface area (TPSA) is 64.6 Å². The van der Waals surface area contributed by atoms with Crippen LogP contribution >= 0.6 is 27.3 Å². The first-order valence-corrected chi connectivity index (χ1v) is 7.61. The summed E-state index contributed by atoms with van der Waals surface area (Å²) in [5, 5.41) is 4.53. The standard InChI is InChI=1S/C14H12BrNO4S/c1-19-13(17)7-20-11-4-2-3-10(6-11)16-14(18)9-5-12(15)21-8-9/h2-6,8H,7H2,1H3,(H,16,18). The number of nitrogens with one attached hydrogen (secondary N) is 1. The molecular weight excluding hydrogens is 358 g/mol. The van der Waals surface area contributed by atoms with Crippen LogP contribution in [0.25, 0.3) is 0 Å². The monoisotopic (exact) mass is 369 g/mol. The second-order valence-electron chi connectivity index (χ2n) is 3.99. The van der Waals surface area contributed by atoms with Crippen LogP contribution in [0.1, 0.15) is 10.4 Å². The number of carbonyl (C=O) groups excluding carboxylic acids is 2. The molecule has 7 heteroatoms. The normalized spacial score (nSPS) is 10.0. The van der Waals surface area contributed by atoms with Crippen LogP contribution in [0.15, 0.2) is 39.5 Å². The summed E-state index contributed by atoms with van der Waals surface area (Å²) >= 11 is 4.75. The largest absolute Gasteiger partial charge is 0.482 e. The van der Waals surface area contributed by atoms with E-state index < -0.39 is 5.97 Å². The number of carbonyl (C=O) groups is 2. The molecule has 0 aliphatic rings. The van der Waals surface area contributed by atoms with Gasteiger partial charge in [-0.2, -0.15) is 0 Å². The number of amides is 1. The maximum atomic E-state index is 12.0. The number of benzene rings is 1. The highest BCUT2D eigenvalue weighted by Crippen LogP contribution is 2.22. The van der Waals surface area contributed by atoms with Crippen molar-refractivity contribution >= 4 is 44.8 Å². The van der Waals surface area contributed by atoms with Crippen LogP contribution in [0.5, 0.6) is 5.75 Å². The van der Waals surface area contributed by atoms with E-state index in [0.717, 1.165) is 3.79 Å². The van der Waals surface area contributed by atoms with E-state index in [-0.39, 0.29) is 12.5 Å². The first-order valence-electron chi connectivity index (χ1n) is 5.93. The molecule has 110 valence electrons. The average Bonchev–Trinajstić information content (AvgIpc) is 2.92. The summed E-state index contributed by atoms with van der Waals surface area (Å²) in [5.41, 5.74) is 1.16. The molecule has 2 rings (SSSR count). The number of ether oxygens (including phenoxy) is 2. The molecule has 0 aliphatic carbocycles. The third-order valence-electron chi connectivity index (χ3n) is 2.51. The Hall–Kier alpha value is -1.86. The van der Waals surface area contributed by atoms with Gasteiger partial charge >= 0.3 is 5.97 Å². The van der Waals surface area contributed by atoms with E-state index in [0.29, 0.717) is 17.0 Å². The molecule has 2 aromatic rings. The van der Waals surface area contributed by atoms with Crippen LogP contribution in [0, 0.1) is 0 Å². The lowest BCUT2D eigenvalue weighted by molar-refractivity contribution is -0.142. The van der Waals surface area contributed by atoms with Crippen LogP contribution in [0.2, 0.25) is 0 Å². The van der Waals surface area contributed by atoms with Crippen molar-refractivity contribution in [2.45, 2.75) is 0 Å². The fourth-order valence-electron chi connectivity index (χ4n) is 1.50. The zero-order valence-corrected chi connectivity index (χ0v) is 13.5. The fourth-order valence-corrected chi connectivity index (χ4v) is 2.63. The van der Waals surface area contributed by atoms with Gasteiger partial charge in [-0.3, -0.25) is 4.79 Å². The number of rotatable bonds is 5. The smallest absolute Gasteiger partial charge is 0.343 e. The van der Waals surface area contributed by atoms with E-state index >= 15 is 0 Å². The van der Waals surface area contributed by atoms with Gasteiger partial charge in [0.25, 0.3) is 5.91 Å². The Labute approximate surface area is 134 Å². The van der Waals surface area contributed by atoms with Gasteiger partial charge < -0.3 is 14.8 Å². The van der Waals surface area contributed by atoms with Crippen molar-refractivity contribution in [3.8, 4) is 5.75 Å². The fraction of sp³-hybridized carbons (Fsp3) is 0.143. The first kappa shape index (κ1) is 15.5. The zero-order valence-electron chi connectivity index (χ0n) is 11.1. The van der Waals surface area contributed by atoms with Crippen LogP contribution in [-0.4, -0.2) is 25.6 Å². The summed E-state index contributed by atoms with van der Waals surface area (Å²) in [4.78, 5) is 23.0. The van der Waals surface area contributed by atoms with Gasteiger partial charge in [0.2, 0.25) is 0 Å². The molecule has 0 atom stereocenters. The highest BCUT2D eigenvalue weighted by molar-refractivity contribution is 9.11. The Balaban J connectivity index is 2.00. The van der Waals surface area contributed by atoms with E-state index in [1.807, 2.05) is 0 Å². The lowest BCUT2D eigenvalue weighted by Crippen LogP contribution is -2.13. The molecule has 0 fully saturated rings. The molecule has 0 bridgehead atoms. The predicted molar refractivity (Wildman–Crippen MR) is 83.9 cm³/mol. The van der Waals surface area contributed by atoms with Crippen LogP contribution < -0.4 is 10.1 Å². The van der Waals surface area contributed by atoms with Gasteiger partial charge in [0.05, 0.1) is 16.5 Å². The van der Waals surface area contributed by atoms with Crippen molar-refractivity contribution in [1.29, 1.82) is 0 Å². The van der Waals surface area contributed by atoms with E-state index in [9.17, 15) is 9.59 Å². The highest BCUT2D eigenvalue weighted by atomic mass is 79.9. The van der Waals surface area contributed by atoms with E-state index in [2.05, 4.69) is 26.0 Å². The van der Waals surface area contributed by atoms with Gasteiger partial charge in [0, 0.05) is 17.1 Å². The molecule has 1 heterocycles. The molecule has 1 aromatic heterocycles. The molecule has 0 aliphatic heterocycles. The van der Waals surface area contributed by atoms with E-state index in [4.69, 9.17) is 4.74 Å². The Morgan fingerprint density at radius 1 is 1.33 bits per heavy atom. The summed E-state index contributed by atoms with van der Waals surface area (Å²) in [6.45, 7) is -0.175. The minimum atomic E-state index is -0.465. The van der Waals surface area contributed by atoms with Gasteiger partial charge in [0.15, 0.2) is 6.61 Å². The van der Waals surface area contributed by atoms with Gasteiger partial charge in [-0.25, -0.2) is 4.79 Å². The average molecular weight is 370 g/mol. The van der Waals surface area contributed by atoms with Crippen molar-refractivity contribution in [2.24, 2.45) is 0 Å². The van der Waals surface area contributed by atoms with Crippen molar-refractivity contribution in [1.82, 2.24) is 0 Å². The molecule has 0 saturated heterocycles. The maximum Gasteiger partial charge on any atom is 0.343 e. The number of hydrogen-bond donors (Lipinski definition) is 1. The van der Waals surface area contributed by atoms with Gasteiger partial charge in [0.1, 0.15) is 5.75 Å². The zero-order chi connectivity index (χ0) is 15.2. The Bertz CT molecular complexity index is 656. The van der Waals surface area contributed by atoms with E-state index in [1.54, 1.807) is 35.7 Å². The Morgan fingerprint density at radius 2 is 2.14 bits per heavy atom. The molecule has 0 spiro atoms. The van der Waals surface area contributed by atoms with Gasteiger partial charge in [-0.1, -0.05) is 6.07 Å². The summed E-state index contributed by atoms with van der Waals surface area (Å²) in [6.07, 6.45) is 0. The number of halogens is 1. The van der Waals surface area contributed by atoms with Gasteiger partial charge in [-0.05, 0) is 34.1 Å². The predicted octanol–water partition coefficient (Wildman–Crippen LogP) is 3.31. The minimum Gasteiger partial charge on any atom is -0.482 e. The summed E-state index contributed by atoms with van der Waals surface area (Å²) in [5.74, 6) is -0.195. The van der Waals surface area contributed by atoms with E-state index in [1.165, 1.54) is 18.4 Å². The molecule has 0 radical (unpaired) electrons. The number of hydrogen-bond acceptors (Lipinski definition) is 5. The first-order chi connectivity index (χ1) is 10.1. The molecule has 5 nitrogen and oxygen atoms in total. The number of anilines is 1. The van der Waals surface area contributed by atoms with Crippen molar-refractivity contribution in [3.63, 3.8) is 0 Å². The van der Waals surface area contributed by atoms with Crippen molar-refractivity contribution in [3.05, 3.63) is 45.1 Å². The summed E-state index contributed by atoms with van der Waals surface area (Å²) < 4.78 is 10.6. The second kappa shape index (κ2) is 7.24. The third-order valence-corrected chi connectivity index (χ3v) is 4.01. The number of esters is 1. The molecular formula is C14H12BrNO4S. The Morgan fingerprint density at radius 3 is 2.81 bits per heavy atom. The SMILES string of the molecule is COC(=O)COc1cccc(NC(=O)c2csc(Br)c2)c1. The third kappa shape index (κ3) is 4.57.